The molecule has 0 unspecified atom stereocenters. The second kappa shape index (κ2) is 15.4. The number of benzene rings is 3. The second-order valence-corrected chi connectivity index (χ2v) is 9.40. The van der Waals surface area contributed by atoms with Crippen molar-refractivity contribution in [3.05, 3.63) is 108 Å². The zero-order chi connectivity index (χ0) is 23.0. The molecule has 0 aliphatic carbocycles. The molecule has 2 saturated heterocycles. The van der Waals surface area contributed by atoms with Crippen LogP contribution in [-0.4, -0.2) is 42.5 Å². The SMILES string of the molecule is Cc1ccccc1.c1ccc(CN2CC[C@@H](CN3CCCCCC3)C2)cc1.c1ccccc1. The lowest BCUT2D eigenvalue weighted by Gasteiger charge is -2.24. The Kier molecular flexibility index (Phi) is 11.8. The molecule has 0 amide bonds. The first kappa shape index (κ1) is 25.2. The van der Waals surface area contributed by atoms with Gasteiger partial charge in [-0.25, -0.2) is 0 Å². The zero-order valence-electron chi connectivity index (χ0n) is 20.5. The van der Waals surface area contributed by atoms with E-state index in [1.54, 1.807) is 0 Å². The smallest absolute Gasteiger partial charge is 0.0233 e. The van der Waals surface area contributed by atoms with E-state index in [2.05, 4.69) is 59.2 Å². The molecular formula is C31H42N2. The summed E-state index contributed by atoms with van der Waals surface area (Å²) in [5.41, 5.74) is 2.78. The maximum absolute atomic E-state index is 2.73. The predicted octanol–water partition coefficient (Wildman–Crippen LogP) is 7.07. The van der Waals surface area contributed by atoms with Crippen molar-refractivity contribution in [1.82, 2.24) is 9.80 Å². The first-order valence-electron chi connectivity index (χ1n) is 12.8. The third kappa shape index (κ3) is 10.8. The molecule has 2 aliphatic heterocycles. The van der Waals surface area contributed by atoms with Gasteiger partial charge in [0, 0.05) is 19.6 Å². The number of rotatable bonds is 4. The minimum absolute atomic E-state index is 0.900. The van der Waals surface area contributed by atoms with Crippen LogP contribution in [0.5, 0.6) is 0 Å². The molecule has 0 N–H and O–H groups in total. The van der Waals surface area contributed by atoms with E-state index in [9.17, 15) is 0 Å². The molecule has 3 aromatic rings. The molecule has 2 heteroatoms. The molecule has 5 rings (SSSR count). The second-order valence-electron chi connectivity index (χ2n) is 9.40. The highest BCUT2D eigenvalue weighted by molar-refractivity contribution is 5.14. The number of nitrogens with zero attached hydrogens (tertiary/aromatic N) is 2. The highest BCUT2D eigenvalue weighted by Crippen LogP contribution is 2.21. The van der Waals surface area contributed by atoms with Crippen LogP contribution in [0, 0.1) is 12.8 Å². The Morgan fingerprint density at radius 3 is 1.64 bits per heavy atom. The van der Waals surface area contributed by atoms with Crippen molar-refractivity contribution in [2.75, 3.05) is 32.7 Å². The summed E-state index contributed by atoms with van der Waals surface area (Å²) in [6, 6.07) is 33.2. The summed E-state index contributed by atoms with van der Waals surface area (Å²) in [6.45, 7) is 9.83. The maximum Gasteiger partial charge on any atom is 0.0233 e. The average Bonchev–Trinajstić information content (AvgIpc) is 3.14. The van der Waals surface area contributed by atoms with E-state index >= 15 is 0 Å². The Bertz CT molecular complexity index is 800. The fourth-order valence-electron chi connectivity index (χ4n) is 4.65. The molecule has 2 fully saturated rings. The minimum atomic E-state index is 0.900. The Morgan fingerprint density at radius 2 is 1.12 bits per heavy atom. The predicted molar refractivity (Wildman–Crippen MR) is 142 cm³/mol. The molecule has 3 aromatic carbocycles. The summed E-state index contributed by atoms with van der Waals surface area (Å²) in [6.07, 6.45) is 7.12. The van der Waals surface area contributed by atoms with Gasteiger partial charge in [-0.05, 0) is 57.3 Å². The van der Waals surface area contributed by atoms with Crippen molar-refractivity contribution in [2.24, 2.45) is 5.92 Å². The molecule has 0 aromatic heterocycles. The summed E-state index contributed by atoms with van der Waals surface area (Å²) in [7, 11) is 0. The van der Waals surface area contributed by atoms with Gasteiger partial charge in [-0.15, -0.1) is 0 Å². The fourth-order valence-corrected chi connectivity index (χ4v) is 4.65. The van der Waals surface area contributed by atoms with E-state index in [0.29, 0.717) is 0 Å². The molecule has 176 valence electrons. The van der Waals surface area contributed by atoms with Gasteiger partial charge < -0.3 is 4.90 Å². The van der Waals surface area contributed by atoms with E-state index in [1.807, 2.05) is 54.6 Å². The van der Waals surface area contributed by atoms with Crippen LogP contribution < -0.4 is 0 Å². The van der Waals surface area contributed by atoms with Gasteiger partial charge in [-0.3, -0.25) is 4.90 Å². The van der Waals surface area contributed by atoms with Gasteiger partial charge in [-0.1, -0.05) is 115 Å². The number of hydrogen-bond donors (Lipinski definition) is 0. The van der Waals surface area contributed by atoms with Crippen LogP contribution in [0.1, 0.15) is 43.2 Å². The van der Waals surface area contributed by atoms with E-state index in [4.69, 9.17) is 0 Å². The van der Waals surface area contributed by atoms with Crippen molar-refractivity contribution in [3.63, 3.8) is 0 Å². The van der Waals surface area contributed by atoms with Crippen LogP contribution in [0.25, 0.3) is 0 Å². The van der Waals surface area contributed by atoms with E-state index < -0.39 is 0 Å². The van der Waals surface area contributed by atoms with Crippen LogP contribution in [-0.2, 0) is 6.54 Å². The molecule has 2 aliphatic rings. The molecule has 0 radical (unpaired) electrons. The lowest BCUT2D eigenvalue weighted by Crippen LogP contribution is -2.32. The fraction of sp³-hybridized carbons (Fsp3) is 0.419. The van der Waals surface area contributed by atoms with Crippen molar-refractivity contribution in [3.8, 4) is 0 Å². The van der Waals surface area contributed by atoms with Crippen molar-refractivity contribution < 1.29 is 0 Å². The largest absolute Gasteiger partial charge is 0.303 e. The normalized spacial score (nSPS) is 18.9. The highest BCUT2D eigenvalue weighted by Gasteiger charge is 2.24. The molecular weight excluding hydrogens is 400 g/mol. The average molecular weight is 443 g/mol. The summed E-state index contributed by atoms with van der Waals surface area (Å²) < 4.78 is 0. The molecule has 1 atom stereocenters. The minimum Gasteiger partial charge on any atom is -0.303 e. The zero-order valence-corrected chi connectivity index (χ0v) is 20.5. The number of hydrogen-bond acceptors (Lipinski definition) is 2. The summed E-state index contributed by atoms with van der Waals surface area (Å²) in [5.74, 6) is 0.900. The van der Waals surface area contributed by atoms with Gasteiger partial charge in [-0.2, -0.15) is 0 Å². The summed E-state index contributed by atoms with van der Waals surface area (Å²) in [4.78, 5) is 5.36. The first-order valence-corrected chi connectivity index (χ1v) is 12.8. The Hall–Kier alpha value is -2.42. The van der Waals surface area contributed by atoms with Gasteiger partial charge >= 0.3 is 0 Å². The van der Waals surface area contributed by atoms with Crippen LogP contribution >= 0.6 is 0 Å². The lowest BCUT2D eigenvalue weighted by molar-refractivity contribution is 0.231. The summed E-state index contributed by atoms with van der Waals surface area (Å²) >= 11 is 0. The molecule has 33 heavy (non-hydrogen) atoms. The first-order chi connectivity index (χ1) is 16.3. The topological polar surface area (TPSA) is 6.48 Å². The van der Waals surface area contributed by atoms with E-state index in [0.717, 1.165) is 12.5 Å². The molecule has 0 bridgehead atoms. The van der Waals surface area contributed by atoms with Crippen LogP contribution in [0.3, 0.4) is 0 Å². The van der Waals surface area contributed by atoms with Crippen LogP contribution in [0.15, 0.2) is 97.1 Å². The maximum atomic E-state index is 2.73. The number of aryl methyl sites for hydroxylation is 1. The summed E-state index contributed by atoms with van der Waals surface area (Å²) in [5, 5.41) is 0. The number of likely N-dealkylation sites (tertiary alicyclic amines) is 2. The van der Waals surface area contributed by atoms with Gasteiger partial charge in [0.25, 0.3) is 0 Å². The third-order valence-electron chi connectivity index (χ3n) is 6.44. The highest BCUT2D eigenvalue weighted by atomic mass is 15.2. The van der Waals surface area contributed by atoms with Gasteiger partial charge in [0.15, 0.2) is 0 Å². The Balaban J connectivity index is 0.000000191. The lowest BCUT2D eigenvalue weighted by atomic mass is 10.1. The van der Waals surface area contributed by atoms with Crippen molar-refractivity contribution >= 4 is 0 Å². The van der Waals surface area contributed by atoms with Crippen LogP contribution in [0.2, 0.25) is 0 Å². The Morgan fingerprint density at radius 1 is 0.606 bits per heavy atom. The molecule has 2 heterocycles. The van der Waals surface area contributed by atoms with Gasteiger partial charge in [0.1, 0.15) is 0 Å². The van der Waals surface area contributed by atoms with Gasteiger partial charge in [0.2, 0.25) is 0 Å². The Labute approximate surface area is 202 Å². The molecule has 0 spiro atoms. The third-order valence-corrected chi connectivity index (χ3v) is 6.44. The molecule has 2 nitrogen and oxygen atoms in total. The van der Waals surface area contributed by atoms with Crippen molar-refractivity contribution in [1.29, 1.82) is 0 Å². The van der Waals surface area contributed by atoms with E-state index in [-0.39, 0.29) is 0 Å². The standard InChI is InChI=1S/C18H28N2.C7H8.C6H6/c1-2-7-12-19(11-6-1)15-18-10-13-20(16-18)14-17-8-4-3-5-9-17;1-7-5-3-2-4-6-7;1-2-4-6-5-3-1/h3-5,8-9,18H,1-2,6-7,10-16H2;2-6H,1H3;1-6H/t18-;;/m0../s1. The van der Waals surface area contributed by atoms with Gasteiger partial charge in [0.05, 0.1) is 0 Å². The molecule has 0 saturated carbocycles. The van der Waals surface area contributed by atoms with Crippen LogP contribution in [0.4, 0.5) is 0 Å². The monoisotopic (exact) mass is 442 g/mol. The van der Waals surface area contributed by atoms with E-state index in [1.165, 1.54) is 76.0 Å². The quantitative estimate of drug-likeness (QED) is 0.426. The van der Waals surface area contributed by atoms with Crippen molar-refractivity contribution in [2.45, 2.75) is 45.6 Å².